The normalized spacial score (nSPS) is 12.8. The molecule has 0 aliphatic rings. The van der Waals surface area contributed by atoms with Crippen LogP contribution in [0.15, 0.2) is 29.0 Å². The van der Waals surface area contributed by atoms with Crippen LogP contribution in [0.3, 0.4) is 0 Å². The molecule has 2 aromatic rings. The Bertz CT molecular complexity index is 499. The molecule has 1 atom stereocenters. The predicted octanol–water partition coefficient (Wildman–Crippen LogP) is 5.16. The first-order valence-corrected chi connectivity index (χ1v) is 7.19. The van der Waals surface area contributed by atoms with Gasteiger partial charge in [-0.3, -0.25) is 0 Å². The number of hydrogen-bond acceptors (Lipinski definition) is 1. The average Bonchev–Trinajstić information content (AvgIpc) is 2.63. The van der Waals surface area contributed by atoms with Crippen molar-refractivity contribution in [1.82, 2.24) is 0 Å². The van der Waals surface area contributed by atoms with Crippen LogP contribution in [0.4, 0.5) is 0 Å². The van der Waals surface area contributed by atoms with Gasteiger partial charge in [0.2, 0.25) is 0 Å². The Balaban J connectivity index is 2.41. The van der Waals surface area contributed by atoms with Crippen LogP contribution in [0, 0.1) is 20.8 Å². The molecule has 1 unspecified atom stereocenters. The second-order valence-electron chi connectivity index (χ2n) is 4.23. The molecule has 2 rings (SSSR count). The molecule has 1 aromatic carbocycles. The fraction of sp³-hybridized carbons (Fsp3) is 0.286. The summed E-state index contributed by atoms with van der Waals surface area (Å²) in [6.07, 6.45) is 0. The molecule has 0 N–H and O–H groups in total. The first kappa shape index (κ1) is 11.9. The van der Waals surface area contributed by atoms with Crippen LogP contribution in [0.2, 0.25) is 0 Å². The van der Waals surface area contributed by atoms with Crippen molar-refractivity contribution < 1.29 is 0 Å². The predicted molar refractivity (Wildman–Crippen MR) is 75.7 cm³/mol. The smallest absolute Gasteiger partial charge is 0.0657 e. The van der Waals surface area contributed by atoms with Crippen LogP contribution in [0.1, 0.15) is 32.6 Å². The maximum Gasteiger partial charge on any atom is 0.0657 e. The first-order chi connectivity index (χ1) is 7.59. The molecule has 0 saturated heterocycles. The Morgan fingerprint density at radius 3 is 2.31 bits per heavy atom. The summed E-state index contributed by atoms with van der Waals surface area (Å²) in [7, 11) is 0. The van der Waals surface area contributed by atoms with Gasteiger partial charge in [-0.2, -0.15) is 11.3 Å². The highest BCUT2D eigenvalue weighted by Gasteiger charge is 2.15. The summed E-state index contributed by atoms with van der Waals surface area (Å²) in [4.78, 5) is 0.319. The number of hydrogen-bond donors (Lipinski definition) is 0. The number of alkyl halides is 1. The number of rotatable bonds is 2. The van der Waals surface area contributed by atoms with Crippen molar-refractivity contribution in [2.75, 3.05) is 0 Å². The molecule has 0 radical (unpaired) electrons. The summed E-state index contributed by atoms with van der Waals surface area (Å²) in [5, 5.41) is 4.43. The van der Waals surface area contributed by atoms with E-state index in [9.17, 15) is 0 Å². The zero-order valence-corrected chi connectivity index (χ0v) is 12.2. The third kappa shape index (κ3) is 2.23. The lowest BCUT2D eigenvalue weighted by Crippen LogP contribution is -1.96. The van der Waals surface area contributed by atoms with E-state index in [0.29, 0.717) is 4.83 Å². The average molecular weight is 295 g/mol. The van der Waals surface area contributed by atoms with E-state index in [-0.39, 0.29) is 0 Å². The molecule has 0 fully saturated rings. The zero-order chi connectivity index (χ0) is 11.7. The maximum absolute atomic E-state index is 3.81. The lowest BCUT2D eigenvalue weighted by molar-refractivity contribution is 1.13. The lowest BCUT2D eigenvalue weighted by Gasteiger charge is -2.13. The third-order valence-corrected chi connectivity index (χ3v) is 4.73. The van der Waals surface area contributed by atoms with Gasteiger partial charge in [-0.05, 0) is 53.8 Å². The van der Waals surface area contributed by atoms with E-state index in [2.05, 4.69) is 65.7 Å². The molecule has 0 amide bonds. The molecule has 0 bridgehead atoms. The molecule has 0 spiro atoms. The molecule has 0 aliphatic heterocycles. The van der Waals surface area contributed by atoms with Crippen molar-refractivity contribution in [2.24, 2.45) is 0 Å². The fourth-order valence-corrected chi connectivity index (χ4v) is 3.97. The van der Waals surface area contributed by atoms with E-state index < -0.39 is 0 Å². The molecule has 1 aromatic heterocycles. The van der Waals surface area contributed by atoms with Gasteiger partial charge in [-0.25, -0.2) is 0 Å². The summed E-state index contributed by atoms with van der Waals surface area (Å²) in [6.45, 7) is 6.48. The highest BCUT2D eigenvalue weighted by Crippen LogP contribution is 2.36. The minimum absolute atomic E-state index is 0.319. The Hall–Kier alpha value is -0.600. The summed E-state index contributed by atoms with van der Waals surface area (Å²) in [5.74, 6) is 0. The Labute approximate surface area is 109 Å². The molecule has 16 heavy (non-hydrogen) atoms. The van der Waals surface area contributed by atoms with Crippen LogP contribution < -0.4 is 0 Å². The van der Waals surface area contributed by atoms with Crippen molar-refractivity contribution in [3.8, 4) is 0 Å². The minimum Gasteiger partial charge on any atom is -0.152 e. The van der Waals surface area contributed by atoms with Crippen molar-refractivity contribution in [1.29, 1.82) is 0 Å². The number of halogens is 1. The number of benzene rings is 1. The molecule has 0 aliphatic carbocycles. The highest BCUT2D eigenvalue weighted by molar-refractivity contribution is 9.09. The Morgan fingerprint density at radius 1 is 1.00 bits per heavy atom. The third-order valence-electron chi connectivity index (χ3n) is 2.87. The topological polar surface area (TPSA) is 0 Å². The van der Waals surface area contributed by atoms with E-state index >= 15 is 0 Å². The van der Waals surface area contributed by atoms with Gasteiger partial charge in [0.15, 0.2) is 0 Å². The lowest BCUT2D eigenvalue weighted by atomic mass is 9.99. The van der Waals surface area contributed by atoms with Gasteiger partial charge in [0, 0.05) is 0 Å². The largest absolute Gasteiger partial charge is 0.152 e. The van der Waals surface area contributed by atoms with Crippen molar-refractivity contribution >= 4 is 27.3 Å². The zero-order valence-electron chi connectivity index (χ0n) is 9.75. The standard InChI is InChI=1S/C14H15BrS/c1-9-4-5-12(10(2)6-9)14(15)13-8-16-7-11(13)3/h4-8,14H,1-3H3. The fourth-order valence-electron chi connectivity index (χ4n) is 1.91. The van der Waals surface area contributed by atoms with E-state index in [1.165, 1.54) is 27.8 Å². The van der Waals surface area contributed by atoms with Crippen molar-refractivity contribution in [3.05, 3.63) is 56.8 Å². The molecule has 0 nitrogen and oxygen atoms in total. The van der Waals surface area contributed by atoms with Gasteiger partial charge in [0.25, 0.3) is 0 Å². The van der Waals surface area contributed by atoms with Gasteiger partial charge in [-0.15, -0.1) is 0 Å². The maximum atomic E-state index is 3.81. The van der Waals surface area contributed by atoms with Gasteiger partial charge in [0.1, 0.15) is 0 Å². The summed E-state index contributed by atoms with van der Waals surface area (Å²) in [5.41, 5.74) is 6.80. The first-order valence-electron chi connectivity index (χ1n) is 5.33. The summed E-state index contributed by atoms with van der Waals surface area (Å²) >= 11 is 5.57. The van der Waals surface area contributed by atoms with Gasteiger partial charge < -0.3 is 0 Å². The molecule has 0 saturated carbocycles. The molecular formula is C14H15BrS. The second kappa shape index (κ2) is 4.72. The van der Waals surface area contributed by atoms with E-state index in [1.54, 1.807) is 11.3 Å². The van der Waals surface area contributed by atoms with Crippen LogP contribution in [-0.2, 0) is 0 Å². The Kier molecular flexibility index (Phi) is 3.50. The highest BCUT2D eigenvalue weighted by atomic mass is 79.9. The van der Waals surface area contributed by atoms with Crippen LogP contribution in [-0.4, -0.2) is 0 Å². The molecule has 84 valence electrons. The van der Waals surface area contributed by atoms with E-state index in [0.717, 1.165) is 0 Å². The monoisotopic (exact) mass is 294 g/mol. The molecule has 1 heterocycles. The summed E-state index contributed by atoms with van der Waals surface area (Å²) < 4.78 is 0. The second-order valence-corrected chi connectivity index (χ2v) is 5.89. The van der Waals surface area contributed by atoms with E-state index in [4.69, 9.17) is 0 Å². The number of aryl methyl sites for hydroxylation is 3. The quantitative estimate of drug-likeness (QED) is 0.671. The van der Waals surface area contributed by atoms with Crippen LogP contribution in [0.25, 0.3) is 0 Å². The van der Waals surface area contributed by atoms with Crippen LogP contribution >= 0.6 is 27.3 Å². The van der Waals surface area contributed by atoms with Crippen molar-refractivity contribution in [2.45, 2.75) is 25.6 Å². The minimum atomic E-state index is 0.319. The number of thiophene rings is 1. The van der Waals surface area contributed by atoms with Crippen molar-refractivity contribution in [3.63, 3.8) is 0 Å². The summed E-state index contributed by atoms with van der Waals surface area (Å²) in [6, 6.07) is 6.64. The van der Waals surface area contributed by atoms with E-state index in [1.807, 2.05) is 0 Å². The van der Waals surface area contributed by atoms with Gasteiger partial charge >= 0.3 is 0 Å². The van der Waals surface area contributed by atoms with Gasteiger partial charge in [-0.1, -0.05) is 39.7 Å². The SMILES string of the molecule is Cc1ccc(C(Br)c2cscc2C)c(C)c1. The molecular weight excluding hydrogens is 280 g/mol. The Morgan fingerprint density at radius 2 is 1.75 bits per heavy atom. The molecule has 2 heteroatoms. The van der Waals surface area contributed by atoms with Gasteiger partial charge in [0.05, 0.1) is 4.83 Å². The van der Waals surface area contributed by atoms with Crippen LogP contribution in [0.5, 0.6) is 0 Å².